The molecule has 0 aliphatic heterocycles. The molecule has 0 aliphatic carbocycles. The summed E-state index contributed by atoms with van der Waals surface area (Å²) in [5.74, 6) is 1.30. The van der Waals surface area contributed by atoms with Gasteiger partial charge in [0.2, 0.25) is 11.7 Å². The molecule has 0 spiro atoms. The molecule has 29 heavy (non-hydrogen) atoms. The Hall–Kier alpha value is -3.62. The second-order valence-corrected chi connectivity index (χ2v) is 6.21. The van der Waals surface area contributed by atoms with E-state index >= 15 is 0 Å². The first-order chi connectivity index (χ1) is 14.0. The Bertz CT molecular complexity index is 1020. The molecule has 0 saturated heterocycles. The van der Waals surface area contributed by atoms with Crippen LogP contribution in [0.4, 0.5) is 0 Å². The normalized spacial score (nSPS) is 10.6. The number of rotatable bonds is 8. The third-order valence-corrected chi connectivity index (χ3v) is 4.50. The average Bonchev–Trinajstić information content (AvgIpc) is 3.36. The van der Waals surface area contributed by atoms with Crippen LogP contribution in [0.5, 0.6) is 17.2 Å². The number of fused-ring (bicyclic) bond motifs is 1. The molecule has 9 nitrogen and oxygen atoms in total. The van der Waals surface area contributed by atoms with Gasteiger partial charge in [-0.3, -0.25) is 9.59 Å². The predicted octanol–water partition coefficient (Wildman–Crippen LogP) is 1.84. The van der Waals surface area contributed by atoms with Crippen molar-refractivity contribution < 1.29 is 28.2 Å². The van der Waals surface area contributed by atoms with Crippen LogP contribution in [-0.2, 0) is 18.4 Å². The highest BCUT2D eigenvalue weighted by atomic mass is 16.5. The highest BCUT2D eigenvalue weighted by Gasteiger charge is 2.22. The van der Waals surface area contributed by atoms with Crippen molar-refractivity contribution in [1.82, 2.24) is 15.2 Å². The number of benzene rings is 1. The standard InChI is InChI=1S/C20H23N3O6/c1-23-14(20(25)22-11-16(24)21-10-13-6-5-7-29-13)8-12-9-15(26-2)18(27-3)19(28-4)17(12)23/h5-9H,10-11H2,1-4H3,(H,21,24)(H,22,25). The monoisotopic (exact) mass is 401 g/mol. The number of ether oxygens (including phenoxy) is 3. The van der Waals surface area contributed by atoms with E-state index in [0.29, 0.717) is 34.2 Å². The molecule has 1 aromatic carbocycles. The van der Waals surface area contributed by atoms with Crippen molar-refractivity contribution in [1.29, 1.82) is 0 Å². The number of hydrogen-bond acceptors (Lipinski definition) is 6. The molecule has 2 amide bonds. The third-order valence-electron chi connectivity index (χ3n) is 4.50. The molecule has 2 N–H and O–H groups in total. The zero-order chi connectivity index (χ0) is 21.0. The molecule has 0 bridgehead atoms. The van der Waals surface area contributed by atoms with E-state index in [1.807, 2.05) is 0 Å². The van der Waals surface area contributed by atoms with Gasteiger partial charge in [-0.2, -0.15) is 0 Å². The van der Waals surface area contributed by atoms with Gasteiger partial charge in [0.25, 0.3) is 5.91 Å². The minimum absolute atomic E-state index is 0.162. The molecule has 0 fully saturated rings. The van der Waals surface area contributed by atoms with Crippen LogP contribution in [0.1, 0.15) is 16.2 Å². The summed E-state index contributed by atoms with van der Waals surface area (Å²) < 4.78 is 23.1. The van der Waals surface area contributed by atoms with Gasteiger partial charge in [0.15, 0.2) is 11.5 Å². The summed E-state index contributed by atoms with van der Waals surface area (Å²) in [7, 11) is 6.31. The first-order valence-corrected chi connectivity index (χ1v) is 8.85. The number of nitrogens with one attached hydrogen (secondary N) is 2. The van der Waals surface area contributed by atoms with E-state index in [2.05, 4.69) is 10.6 Å². The molecule has 0 saturated carbocycles. The number of carbonyl (C=O) groups is 2. The molecule has 0 aliphatic rings. The van der Waals surface area contributed by atoms with Crippen LogP contribution in [-0.4, -0.2) is 44.3 Å². The Morgan fingerprint density at radius 1 is 1.07 bits per heavy atom. The minimum Gasteiger partial charge on any atom is -0.493 e. The molecule has 154 valence electrons. The van der Waals surface area contributed by atoms with Crippen molar-refractivity contribution in [3.8, 4) is 17.2 Å². The van der Waals surface area contributed by atoms with Gasteiger partial charge in [-0.25, -0.2) is 0 Å². The number of aromatic nitrogens is 1. The van der Waals surface area contributed by atoms with E-state index in [4.69, 9.17) is 18.6 Å². The number of methoxy groups -OCH3 is 3. The van der Waals surface area contributed by atoms with Crippen molar-refractivity contribution in [2.24, 2.45) is 7.05 Å². The highest BCUT2D eigenvalue weighted by Crippen LogP contribution is 2.44. The number of furan rings is 1. The summed E-state index contributed by atoms with van der Waals surface area (Å²) >= 11 is 0. The summed E-state index contributed by atoms with van der Waals surface area (Å²) in [6.07, 6.45) is 1.53. The Morgan fingerprint density at radius 3 is 2.45 bits per heavy atom. The lowest BCUT2D eigenvalue weighted by Crippen LogP contribution is -2.37. The van der Waals surface area contributed by atoms with Crippen molar-refractivity contribution >= 4 is 22.7 Å². The molecule has 2 aromatic heterocycles. The van der Waals surface area contributed by atoms with Crippen LogP contribution < -0.4 is 24.8 Å². The zero-order valence-corrected chi connectivity index (χ0v) is 16.7. The molecular weight excluding hydrogens is 378 g/mol. The van der Waals surface area contributed by atoms with Gasteiger partial charge in [0, 0.05) is 12.4 Å². The maximum atomic E-state index is 12.6. The third kappa shape index (κ3) is 3.98. The van der Waals surface area contributed by atoms with Crippen LogP contribution in [0, 0.1) is 0 Å². The van der Waals surface area contributed by atoms with E-state index in [1.165, 1.54) is 27.6 Å². The summed E-state index contributed by atoms with van der Waals surface area (Å²) in [6, 6.07) is 6.96. The fourth-order valence-corrected chi connectivity index (χ4v) is 3.11. The van der Waals surface area contributed by atoms with Crippen molar-refractivity contribution in [2.75, 3.05) is 27.9 Å². The smallest absolute Gasteiger partial charge is 0.268 e. The molecule has 0 radical (unpaired) electrons. The first-order valence-electron chi connectivity index (χ1n) is 8.85. The lowest BCUT2D eigenvalue weighted by atomic mass is 10.2. The van der Waals surface area contributed by atoms with Gasteiger partial charge < -0.3 is 33.8 Å². The number of amides is 2. The van der Waals surface area contributed by atoms with E-state index in [-0.39, 0.29) is 19.0 Å². The molecule has 0 unspecified atom stereocenters. The Kier molecular flexibility index (Phi) is 5.96. The van der Waals surface area contributed by atoms with Gasteiger partial charge in [-0.05, 0) is 24.3 Å². The lowest BCUT2D eigenvalue weighted by molar-refractivity contribution is -0.120. The highest BCUT2D eigenvalue weighted by molar-refractivity contribution is 6.02. The number of nitrogens with zero attached hydrogens (tertiary/aromatic N) is 1. The van der Waals surface area contributed by atoms with Crippen LogP contribution in [0.3, 0.4) is 0 Å². The fraction of sp³-hybridized carbons (Fsp3) is 0.300. The van der Waals surface area contributed by atoms with Crippen LogP contribution in [0.15, 0.2) is 34.9 Å². The fourth-order valence-electron chi connectivity index (χ4n) is 3.11. The molecule has 2 heterocycles. The second kappa shape index (κ2) is 8.59. The number of carbonyl (C=O) groups excluding carboxylic acids is 2. The zero-order valence-electron chi connectivity index (χ0n) is 16.7. The topological polar surface area (TPSA) is 104 Å². The molecular formula is C20H23N3O6. The number of aryl methyl sites for hydroxylation is 1. The van der Waals surface area contributed by atoms with Crippen molar-refractivity contribution in [2.45, 2.75) is 6.54 Å². The number of hydrogen-bond donors (Lipinski definition) is 2. The van der Waals surface area contributed by atoms with E-state index < -0.39 is 5.91 Å². The SMILES string of the molecule is COc1cc2cc(C(=O)NCC(=O)NCc3ccco3)n(C)c2c(OC)c1OC. The minimum atomic E-state index is -0.392. The maximum Gasteiger partial charge on any atom is 0.268 e. The molecule has 0 atom stereocenters. The second-order valence-electron chi connectivity index (χ2n) is 6.21. The molecule has 9 heteroatoms. The Labute approximate surface area is 167 Å². The summed E-state index contributed by atoms with van der Waals surface area (Å²) in [5, 5.41) is 6.04. The quantitative estimate of drug-likeness (QED) is 0.597. The lowest BCUT2D eigenvalue weighted by Gasteiger charge is -2.14. The van der Waals surface area contributed by atoms with Gasteiger partial charge in [-0.1, -0.05) is 0 Å². The molecule has 3 rings (SSSR count). The first kappa shape index (κ1) is 20.1. The summed E-state index contributed by atoms with van der Waals surface area (Å²) in [5.41, 5.74) is 1.05. The van der Waals surface area contributed by atoms with E-state index in [9.17, 15) is 9.59 Å². The van der Waals surface area contributed by atoms with Gasteiger partial charge in [0.05, 0.1) is 46.2 Å². The van der Waals surface area contributed by atoms with Gasteiger partial charge >= 0.3 is 0 Å². The van der Waals surface area contributed by atoms with Crippen molar-refractivity contribution in [3.05, 3.63) is 42.0 Å². The Balaban J connectivity index is 1.77. The Morgan fingerprint density at radius 2 is 1.83 bits per heavy atom. The predicted molar refractivity (Wildman–Crippen MR) is 105 cm³/mol. The largest absolute Gasteiger partial charge is 0.493 e. The van der Waals surface area contributed by atoms with Gasteiger partial charge in [0.1, 0.15) is 11.5 Å². The van der Waals surface area contributed by atoms with Crippen LogP contribution >= 0.6 is 0 Å². The van der Waals surface area contributed by atoms with E-state index in [0.717, 1.165) is 5.39 Å². The summed E-state index contributed by atoms with van der Waals surface area (Å²) in [6.45, 7) is 0.0946. The van der Waals surface area contributed by atoms with Crippen molar-refractivity contribution in [3.63, 3.8) is 0 Å². The average molecular weight is 401 g/mol. The molecule has 3 aromatic rings. The van der Waals surface area contributed by atoms with Crippen LogP contribution in [0.2, 0.25) is 0 Å². The van der Waals surface area contributed by atoms with Gasteiger partial charge in [-0.15, -0.1) is 0 Å². The summed E-state index contributed by atoms with van der Waals surface area (Å²) in [4.78, 5) is 24.6. The van der Waals surface area contributed by atoms with Crippen LogP contribution in [0.25, 0.3) is 10.9 Å². The maximum absolute atomic E-state index is 12.6. The van der Waals surface area contributed by atoms with E-state index in [1.54, 1.807) is 35.9 Å².